The van der Waals surface area contributed by atoms with Gasteiger partial charge in [-0.25, -0.2) is 4.98 Å². The second-order valence-corrected chi connectivity index (χ2v) is 5.12. The van der Waals surface area contributed by atoms with Gasteiger partial charge in [0.2, 0.25) is 5.88 Å². The molecule has 0 bridgehead atoms. The van der Waals surface area contributed by atoms with Gasteiger partial charge in [-0.3, -0.25) is 4.79 Å². The summed E-state index contributed by atoms with van der Waals surface area (Å²) in [5.74, 6) is 0.995. The molecule has 0 aliphatic carbocycles. The van der Waals surface area contributed by atoms with Gasteiger partial charge in [0.05, 0.1) is 7.11 Å². The van der Waals surface area contributed by atoms with E-state index >= 15 is 0 Å². The molecule has 1 saturated heterocycles. The first-order valence-corrected chi connectivity index (χ1v) is 6.49. The number of hydrogen-bond donors (Lipinski definition) is 0. The van der Waals surface area contributed by atoms with E-state index in [4.69, 9.17) is 16.3 Å². The zero-order chi connectivity index (χ0) is 13.1. The summed E-state index contributed by atoms with van der Waals surface area (Å²) in [6, 6.07) is 3.18. The summed E-state index contributed by atoms with van der Waals surface area (Å²) in [6.45, 7) is 3.79. The SMILES string of the molecule is COc1cc(Cl)cc(C(=O)N2CCC(C)CC2)n1. The van der Waals surface area contributed by atoms with E-state index in [2.05, 4.69) is 11.9 Å². The number of nitrogens with zero attached hydrogens (tertiary/aromatic N) is 2. The lowest BCUT2D eigenvalue weighted by molar-refractivity contribution is 0.0690. The molecule has 1 aliphatic rings. The second-order valence-electron chi connectivity index (χ2n) is 4.69. The molecule has 0 atom stereocenters. The molecule has 0 radical (unpaired) electrons. The van der Waals surface area contributed by atoms with Crippen LogP contribution in [-0.4, -0.2) is 36.0 Å². The molecular formula is C13H17ClN2O2. The summed E-state index contributed by atoms with van der Waals surface area (Å²) in [5, 5.41) is 0.468. The van der Waals surface area contributed by atoms with Crippen molar-refractivity contribution in [3.05, 3.63) is 22.8 Å². The average Bonchev–Trinajstić information content (AvgIpc) is 2.38. The van der Waals surface area contributed by atoms with Gasteiger partial charge in [0.25, 0.3) is 5.91 Å². The Labute approximate surface area is 112 Å². The number of hydrogen-bond acceptors (Lipinski definition) is 3. The lowest BCUT2D eigenvalue weighted by atomic mass is 9.99. The third-order valence-electron chi connectivity index (χ3n) is 3.27. The minimum Gasteiger partial charge on any atom is -0.481 e. The number of halogens is 1. The van der Waals surface area contributed by atoms with Crippen LogP contribution in [0.4, 0.5) is 0 Å². The van der Waals surface area contributed by atoms with Crippen LogP contribution in [0.3, 0.4) is 0 Å². The lowest BCUT2D eigenvalue weighted by Gasteiger charge is -2.30. The number of carbonyl (C=O) groups is 1. The molecule has 1 aromatic rings. The third kappa shape index (κ3) is 2.93. The summed E-state index contributed by atoms with van der Waals surface area (Å²) in [7, 11) is 1.51. The van der Waals surface area contributed by atoms with E-state index in [0.717, 1.165) is 25.9 Å². The minimum atomic E-state index is -0.0669. The third-order valence-corrected chi connectivity index (χ3v) is 3.48. The zero-order valence-electron chi connectivity index (χ0n) is 10.6. The maximum Gasteiger partial charge on any atom is 0.272 e. The molecule has 1 aliphatic heterocycles. The highest BCUT2D eigenvalue weighted by Crippen LogP contribution is 2.21. The standard InChI is InChI=1S/C13H17ClN2O2/c1-9-3-5-16(6-4-9)13(17)11-7-10(14)8-12(15-11)18-2/h7-9H,3-6H2,1-2H3. The van der Waals surface area contributed by atoms with Crippen molar-refractivity contribution in [2.24, 2.45) is 5.92 Å². The van der Waals surface area contributed by atoms with Crippen molar-refractivity contribution in [3.63, 3.8) is 0 Å². The maximum absolute atomic E-state index is 12.3. The molecule has 1 aromatic heterocycles. The number of aromatic nitrogens is 1. The molecule has 0 unspecified atom stereocenters. The molecular weight excluding hydrogens is 252 g/mol. The monoisotopic (exact) mass is 268 g/mol. The van der Waals surface area contributed by atoms with Crippen molar-refractivity contribution in [2.45, 2.75) is 19.8 Å². The Morgan fingerprint density at radius 1 is 1.44 bits per heavy atom. The minimum absolute atomic E-state index is 0.0669. The van der Waals surface area contributed by atoms with E-state index in [1.807, 2.05) is 4.90 Å². The van der Waals surface area contributed by atoms with Crippen molar-refractivity contribution >= 4 is 17.5 Å². The Morgan fingerprint density at radius 3 is 2.72 bits per heavy atom. The number of piperidine rings is 1. The Hall–Kier alpha value is -1.29. The number of pyridine rings is 1. The molecule has 0 N–H and O–H groups in total. The van der Waals surface area contributed by atoms with Crippen LogP contribution in [0.2, 0.25) is 5.02 Å². The van der Waals surface area contributed by atoms with Crippen molar-refractivity contribution in [1.82, 2.24) is 9.88 Å². The van der Waals surface area contributed by atoms with Gasteiger partial charge in [0.1, 0.15) is 5.69 Å². The predicted molar refractivity (Wildman–Crippen MR) is 70.1 cm³/mol. The van der Waals surface area contributed by atoms with Crippen molar-refractivity contribution < 1.29 is 9.53 Å². The van der Waals surface area contributed by atoms with Crippen LogP contribution in [-0.2, 0) is 0 Å². The Bertz CT molecular complexity index is 443. The first-order valence-electron chi connectivity index (χ1n) is 6.11. The van der Waals surface area contributed by atoms with E-state index in [1.165, 1.54) is 7.11 Å². The highest BCUT2D eigenvalue weighted by molar-refractivity contribution is 6.31. The van der Waals surface area contributed by atoms with Crippen molar-refractivity contribution in [3.8, 4) is 5.88 Å². The molecule has 2 rings (SSSR count). The van der Waals surface area contributed by atoms with E-state index in [0.29, 0.717) is 22.5 Å². The fraction of sp³-hybridized carbons (Fsp3) is 0.538. The largest absolute Gasteiger partial charge is 0.481 e. The van der Waals surface area contributed by atoms with E-state index in [9.17, 15) is 4.79 Å². The molecule has 5 heteroatoms. The van der Waals surface area contributed by atoms with Gasteiger partial charge in [-0.2, -0.15) is 0 Å². The van der Waals surface area contributed by atoms with Crippen LogP contribution < -0.4 is 4.74 Å². The highest BCUT2D eigenvalue weighted by atomic mass is 35.5. The number of ether oxygens (including phenoxy) is 1. The zero-order valence-corrected chi connectivity index (χ0v) is 11.4. The van der Waals surface area contributed by atoms with Gasteiger partial charge in [0.15, 0.2) is 0 Å². The number of carbonyl (C=O) groups excluding carboxylic acids is 1. The number of likely N-dealkylation sites (tertiary alicyclic amines) is 1. The second kappa shape index (κ2) is 5.57. The first kappa shape index (κ1) is 13.1. The normalized spacial score (nSPS) is 16.7. The topological polar surface area (TPSA) is 42.4 Å². The molecule has 4 nitrogen and oxygen atoms in total. The Kier molecular flexibility index (Phi) is 4.07. The molecule has 1 amide bonds. The summed E-state index contributed by atoms with van der Waals surface area (Å²) >= 11 is 5.94. The number of rotatable bonds is 2. The van der Waals surface area contributed by atoms with Gasteiger partial charge >= 0.3 is 0 Å². The summed E-state index contributed by atoms with van der Waals surface area (Å²) in [4.78, 5) is 18.3. The van der Waals surface area contributed by atoms with Crippen LogP contribution in [0.25, 0.3) is 0 Å². The van der Waals surface area contributed by atoms with Gasteiger partial charge in [-0.05, 0) is 24.8 Å². The molecule has 0 spiro atoms. The van der Waals surface area contributed by atoms with Gasteiger partial charge in [-0.15, -0.1) is 0 Å². The summed E-state index contributed by atoms with van der Waals surface area (Å²) < 4.78 is 5.02. The van der Waals surface area contributed by atoms with Crippen molar-refractivity contribution in [1.29, 1.82) is 0 Å². The van der Waals surface area contributed by atoms with Crippen molar-refractivity contribution in [2.75, 3.05) is 20.2 Å². The number of amides is 1. The van der Waals surface area contributed by atoms with E-state index in [-0.39, 0.29) is 5.91 Å². The molecule has 0 aromatic carbocycles. The fourth-order valence-corrected chi connectivity index (χ4v) is 2.26. The van der Waals surface area contributed by atoms with Crippen LogP contribution in [0, 0.1) is 5.92 Å². The Balaban J connectivity index is 2.15. The van der Waals surface area contributed by atoms with Crippen LogP contribution >= 0.6 is 11.6 Å². The highest BCUT2D eigenvalue weighted by Gasteiger charge is 2.22. The van der Waals surface area contributed by atoms with E-state index in [1.54, 1.807) is 12.1 Å². The quantitative estimate of drug-likeness (QED) is 0.828. The van der Waals surface area contributed by atoms with Gasteiger partial charge in [0, 0.05) is 24.2 Å². The van der Waals surface area contributed by atoms with Gasteiger partial charge < -0.3 is 9.64 Å². The molecule has 2 heterocycles. The molecule has 98 valence electrons. The molecule has 1 fully saturated rings. The molecule has 18 heavy (non-hydrogen) atoms. The first-order chi connectivity index (χ1) is 8.60. The van der Waals surface area contributed by atoms with Crippen LogP contribution in [0.5, 0.6) is 5.88 Å². The molecule has 0 saturated carbocycles. The predicted octanol–water partition coefficient (Wildman–Crippen LogP) is 2.62. The van der Waals surface area contributed by atoms with E-state index < -0.39 is 0 Å². The lowest BCUT2D eigenvalue weighted by Crippen LogP contribution is -2.38. The van der Waals surface area contributed by atoms with Gasteiger partial charge in [-0.1, -0.05) is 18.5 Å². The van der Waals surface area contributed by atoms with Crippen LogP contribution in [0.1, 0.15) is 30.3 Å². The number of methoxy groups -OCH3 is 1. The summed E-state index contributed by atoms with van der Waals surface area (Å²) in [6.07, 6.45) is 2.09. The maximum atomic E-state index is 12.3. The average molecular weight is 269 g/mol. The Morgan fingerprint density at radius 2 is 2.11 bits per heavy atom. The fourth-order valence-electron chi connectivity index (χ4n) is 2.06. The summed E-state index contributed by atoms with van der Waals surface area (Å²) in [5.41, 5.74) is 0.355. The smallest absolute Gasteiger partial charge is 0.272 e. The van der Waals surface area contributed by atoms with Crippen LogP contribution in [0.15, 0.2) is 12.1 Å².